The Morgan fingerprint density at radius 3 is 2.82 bits per heavy atom. The van der Waals surface area contributed by atoms with E-state index < -0.39 is 0 Å². The molecule has 0 atom stereocenters. The van der Waals surface area contributed by atoms with Gasteiger partial charge in [0.2, 0.25) is 0 Å². The Hall–Kier alpha value is -1.28. The van der Waals surface area contributed by atoms with E-state index in [1.807, 2.05) is 30.3 Å². The van der Waals surface area contributed by atoms with Crippen molar-refractivity contribution in [2.75, 3.05) is 6.61 Å². The number of para-hydroxylation sites is 1. The normalized spacial score (nSPS) is 12.7. The summed E-state index contributed by atoms with van der Waals surface area (Å²) >= 11 is 0. The first-order valence-electron chi connectivity index (χ1n) is 3.35. The number of hydrogen-bond acceptors (Lipinski definition) is 1. The molecule has 0 bridgehead atoms. The standard InChI is InChI=1S/C9H8O.H2O/c1-2-6-9-8(4-1)5-3-7-10-9;/h1-6H,7H2;1H2. The van der Waals surface area contributed by atoms with Gasteiger partial charge in [0.15, 0.2) is 0 Å². The molecule has 0 aromatic heterocycles. The maximum Gasteiger partial charge on any atom is 0.126 e. The van der Waals surface area contributed by atoms with Crippen molar-refractivity contribution in [3.63, 3.8) is 0 Å². The largest absolute Gasteiger partial charge is 0.489 e. The van der Waals surface area contributed by atoms with Crippen molar-refractivity contribution < 1.29 is 10.2 Å². The molecule has 2 rings (SSSR count). The van der Waals surface area contributed by atoms with Gasteiger partial charge in [-0.1, -0.05) is 24.3 Å². The van der Waals surface area contributed by atoms with Crippen molar-refractivity contribution in [3.8, 4) is 5.75 Å². The fourth-order valence-corrected chi connectivity index (χ4v) is 1.06. The minimum atomic E-state index is 0. The van der Waals surface area contributed by atoms with Crippen LogP contribution in [0.1, 0.15) is 5.56 Å². The van der Waals surface area contributed by atoms with Crippen LogP contribution in [0.3, 0.4) is 0 Å². The van der Waals surface area contributed by atoms with E-state index in [4.69, 9.17) is 4.74 Å². The molecule has 1 aliphatic rings. The monoisotopic (exact) mass is 150 g/mol. The highest BCUT2D eigenvalue weighted by molar-refractivity contribution is 5.58. The van der Waals surface area contributed by atoms with Gasteiger partial charge in [-0.15, -0.1) is 0 Å². The van der Waals surface area contributed by atoms with Crippen molar-refractivity contribution in [2.24, 2.45) is 0 Å². The summed E-state index contributed by atoms with van der Waals surface area (Å²) < 4.78 is 5.34. The molecule has 0 spiro atoms. The van der Waals surface area contributed by atoms with Crippen LogP contribution in [-0.2, 0) is 0 Å². The van der Waals surface area contributed by atoms with E-state index in [1.54, 1.807) is 0 Å². The van der Waals surface area contributed by atoms with E-state index in [-0.39, 0.29) is 5.48 Å². The molecule has 2 N–H and O–H groups in total. The summed E-state index contributed by atoms with van der Waals surface area (Å²) in [6.45, 7) is 0.705. The van der Waals surface area contributed by atoms with E-state index in [1.165, 1.54) is 5.56 Å². The smallest absolute Gasteiger partial charge is 0.126 e. The minimum absolute atomic E-state index is 0. The molecule has 1 aromatic carbocycles. The van der Waals surface area contributed by atoms with Crippen LogP contribution >= 0.6 is 0 Å². The van der Waals surface area contributed by atoms with E-state index in [9.17, 15) is 0 Å². The molecule has 0 saturated heterocycles. The Kier molecular flexibility index (Phi) is 2.28. The average molecular weight is 150 g/mol. The second-order valence-corrected chi connectivity index (χ2v) is 2.25. The number of rotatable bonds is 0. The van der Waals surface area contributed by atoms with Gasteiger partial charge >= 0.3 is 0 Å². The molecule has 1 aromatic rings. The lowest BCUT2D eigenvalue weighted by Crippen LogP contribution is -1.98. The molecule has 0 amide bonds. The summed E-state index contributed by atoms with van der Waals surface area (Å²) in [6, 6.07) is 8.03. The molecule has 11 heavy (non-hydrogen) atoms. The predicted molar refractivity (Wildman–Crippen MR) is 44.6 cm³/mol. The SMILES string of the molecule is C1=Cc2ccccc2OC1.O. The van der Waals surface area contributed by atoms with Gasteiger partial charge < -0.3 is 10.2 Å². The number of fused-ring (bicyclic) bond motifs is 1. The van der Waals surface area contributed by atoms with Crippen LogP contribution in [0.2, 0.25) is 0 Å². The molecule has 0 unspecified atom stereocenters. The summed E-state index contributed by atoms with van der Waals surface area (Å²) in [5.74, 6) is 0.991. The van der Waals surface area contributed by atoms with Gasteiger partial charge in [0.05, 0.1) is 0 Å². The third-order valence-electron chi connectivity index (χ3n) is 1.55. The second kappa shape index (κ2) is 3.21. The molecule has 0 saturated carbocycles. The van der Waals surface area contributed by atoms with Crippen LogP contribution < -0.4 is 4.74 Å². The third kappa shape index (κ3) is 1.41. The summed E-state index contributed by atoms with van der Waals surface area (Å²) in [4.78, 5) is 0. The topological polar surface area (TPSA) is 40.7 Å². The molecule has 0 aliphatic carbocycles. The van der Waals surface area contributed by atoms with E-state index in [2.05, 4.69) is 6.08 Å². The van der Waals surface area contributed by atoms with Crippen molar-refractivity contribution in [3.05, 3.63) is 35.9 Å². The van der Waals surface area contributed by atoms with Gasteiger partial charge in [-0.3, -0.25) is 0 Å². The fourth-order valence-electron chi connectivity index (χ4n) is 1.06. The fraction of sp³-hybridized carbons (Fsp3) is 0.111. The molecular weight excluding hydrogens is 140 g/mol. The average Bonchev–Trinajstić information content (AvgIpc) is 2.05. The lowest BCUT2D eigenvalue weighted by molar-refractivity contribution is 0.358. The highest BCUT2D eigenvalue weighted by atomic mass is 16.5. The molecule has 2 nitrogen and oxygen atoms in total. The van der Waals surface area contributed by atoms with Gasteiger partial charge in [-0.25, -0.2) is 0 Å². The molecule has 0 radical (unpaired) electrons. The summed E-state index contributed by atoms with van der Waals surface area (Å²) in [7, 11) is 0. The summed E-state index contributed by atoms with van der Waals surface area (Å²) in [5.41, 5.74) is 1.17. The molecule has 2 heteroatoms. The Balaban J connectivity index is 0.000000605. The zero-order valence-corrected chi connectivity index (χ0v) is 6.08. The van der Waals surface area contributed by atoms with Crippen LogP contribution in [0.5, 0.6) is 5.75 Å². The Labute approximate surface area is 65.4 Å². The summed E-state index contributed by atoms with van der Waals surface area (Å²) in [5, 5.41) is 0. The van der Waals surface area contributed by atoms with Crippen molar-refractivity contribution in [2.45, 2.75) is 0 Å². The Morgan fingerprint density at radius 2 is 2.00 bits per heavy atom. The third-order valence-corrected chi connectivity index (χ3v) is 1.55. The summed E-state index contributed by atoms with van der Waals surface area (Å²) in [6.07, 6.45) is 4.10. The van der Waals surface area contributed by atoms with Gasteiger partial charge in [-0.2, -0.15) is 0 Å². The van der Waals surface area contributed by atoms with Gasteiger partial charge in [-0.05, 0) is 12.1 Å². The maximum atomic E-state index is 5.34. The first-order valence-corrected chi connectivity index (χ1v) is 3.35. The van der Waals surface area contributed by atoms with Crippen molar-refractivity contribution in [1.29, 1.82) is 0 Å². The molecule has 58 valence electrons. The van der Waals surface area contributed by atoms with Gasteiger partial charge in [0.1, 0.15) is 12.4 Å². The lowest BCUT2D eigenvalue weighted by atomic mass is 10.1. The number of hydrogen-bond donors (Lipinski definition) is 0. The Morgan fingerprint density at radius 1 is 1.18 bits per heavy atom. The predicted octanol–water partition coefficient (Wildman–Crippen LogP) is 1.27. The zero-order chi connectivity index (χ0) is 6.81. The van der Waals surface area contributed by atoms with Crippen LogP contribution in [0.15, 0.2) is 30.3 Å². The molecule has 0 fully saturated rings. The quantitative estimate of drug-likeness (QED) is 0.549. The van der Waals surface area contributed by atoms with Gasteiger partial charge in [0, 0.05) is 5.56 Å². The highest BCUT2D eigenvalue weighted by Crippen LogP contribution is 2.21. The first-order chi connectivity index (χ1) is 4.97. The van der Waals surface area contributed by atoms with Crippen LogP contribution in [0, 0.1) is 0 Å². The minimum Gasteiger partial charge on any atom is -0.489 e. The Bertz CT molecular complexity index is 266. The highest BCUT2D eigenvalue weighted by Gasteiger charge is 2.01. The maximum absolute atomic E-state index is 5.34. The molecule has 1 aliphatic heterocycles. The molecular formula is C9H10O2. The van der Waals surface area contributed by atoms with E-state index in [0.717, 1.165) is 5.75 Å². The number of benzene rings is 1. The van der Waals surface area contributed by atoms with Crippen LogP contribution in [0.25, 0.3) is 6.08 Å². The lowest BCUT2D eigenvalue weighted by Gasteiger charge is -2.10. The van der Waals surface area contributed by atoms with Crippen molar-refractivity contribution >= 4 is 6.08 Å². The van der Waals surface area contributed by atoms with E-state index in [0.29, 0.717) is 6.61 Å². The van der Waals surface area contributed by atoms with E-state index >= 15 is 0 Å². The first kappa shape index (κ1) is 7.82. The second-order valence-electron chi connectivity index (χ2n) is 2.25. The van der Waals surface area contributed by atoms with Crippen molar-refractivity contribution in [1.82, 2.24) is 0 Å². The van der Waals surface area contributed by atoms with Crippen LogP contribution in [0.4, 0.5) is 0 Å². The van der Waals surface area contributed by atoms with Gasteiger partial charge in [0.25, 0.3) is 0 Å². The van der Waals surface area contributed by atoms with Crippen LogP contribution in [-0.4, -0.2) is 12.1 Å². The molecule has 1 heterocycles. The number of ether oxygens (including phenoxy) is 1. The zero-order valence-electron chi connectivity index (χ0n) is 6.08.